The molecule has 104 valence electrons. The van der Waals surface area contributed by atoms with Gasteiger partial charge >= 0.3 is 0 Å². The summed E-state index contributed by atoms with van der Waals surface area (Å²) in [5, 5.41) is 7.52. The van der Waals surface area contributed by atoms with Gasteiger partial charge in [0, 0.05) is 38.9 Å². The third kappa shape index (κ3) is 4.07. The summed E-state index contributed by atoms with van der Waals surface area (Å²) in [6.07, 6.45) is 6.21. The van der Waals surface area contributed by atoms with Crippen LogP contribution in [0.1, 0.15) is 32.1 Å². The number of hydrogen-bond acceptors (Lipinski definition) is 3. The van der Waals surface area contributed by atoms with Gasteiger partial charge in [0.2, 0.25) is 0 Å². The monoisotopic (exact) mass is 271 g/mol. The van der Waals surface area contributed by atoms with Crippen LogP contribution in [-0.2, 0) is 4.74 Å². The van der Waals surface area contributed by atoms with Crippen molar-refractivity contribution < 1.29 is 4.74 Å². The quantitative estimate of drug-likeness (QED) is 0.579. The third-order valence-corrected chi connectivity index (χ3v) is 4.23. The molecule has 2 heterocycles. The average molecular weight is 271 g/mol. The Hall–Kier alpha value is -0.390. The number of piperidine rings is 1. The Morgan fingerprint density at radius 1 is 1.39 bits per heavy atom. The zero-order valence-corrected chi connectivity index (χ0v) is 12.1. The first kappa shape index (κ1) is 14.0. The van der Waals surface area contributed by atoms with Crippen molar-refractivity contribution in [3.8, 4) is 0 Å². The molecule has 2 unspecified atom stereocenters. The summed E-state index contributed by atoms with van der Waals surface area (Å²) >= 11 is 5.33. The summed E-state index contributed by atoms with van der Waals surface area (Å²) in [5.74, 6) is 0. The van der Waals surface area contributed by atoms with E-state index in [1.165, 1.54) is 38.8 Å². The largest absolute Gasteiger partial charge is 0.385 e. The third-order valence-electron chi connectivity index (χ3n) is 3.97. The number of rotatable bonds is 5. The fourth-order valence-corrected chi connectivity index (χ4v) is 3.28. The van der Waals surface area contributed by atoms with Gasteiger partial charge in [-0.3, -0.25) is 0 Å². The topological polar surface area (TPSA) is 36.5 Å². The minimum atomic E-state index is 0.562. The minimum absolute atomic E-state index is 0.562. The van der Waals surface area contributed by atoms with Crippen LogP contribution in [0.15, 0.2) is 0 Å². The lowest BCUT2D eigenvalue weighted by Crippen LogP contribution is -2.49. The predicted octanol–water partition coefficient (Wildman–Crippen LogP) is 1.11. The lowest BCUT2D eigenvalue weighted by Gasteiger charge is -2.35. The maximum Gasteiger partial charge on any atom is 0.166 e. The van der Waals surface area contributed by atoms with Crippen LogP contribution in [0.3, 0.4) is 0 Å². The Morgan fingerprint density at radius 2 is 2.28 bits per heavy atom. The second-order valence-corrected chi connectivity index (χ2v) is 5.71. The van der Waals surface area contributed by atoms with Crippen molar-refractivity contribution in [1.82, 2.24) is 15.5 Å². The van der Waals surface area contributed by atoms with E-state index >= 15 is 0 Å². The van der Waals surface area contributed by atoms with E-state index < -0.39 is 0 Å². The van der Waals surface area contributed by atoms with Crippen LogP contribution in [0.5, 0.6) is 0 Å². The van der Waals surface area contributed by atoms with Crippen LogP contribution in [0.4, 0.5) is 0 Å². The second-order valence-electron chi connectivity index (χ2n) is 5.30. The molecule has 5 heteroatoms. The number of nitrogens with one attached hydrogen (secondary N) is 2. The summed E-state index contributed by atoms with van der Waals surface area (Å²) in [6, 6.07) is 1.36. The van der Waals surface area contributed by atoms with Crippen LogP contribution in [0.2, 0.25) is 0 Å². The van der Waals surface area contributed by atoms with Gasteiger partial charge in [0.05, 0.1) is 0 Å². The molecule has 0 aromatic rings. The average Bonchev–Trinajstić information content (AvgIpc) is 2.82. The van der Waals surface area contributed by atoms with Crippen LogP contribution in [0, 0.1) is 0 Å². The van der Waals surface area contributed by atoms with E-state index in [2.05, 4.69) is 15.5 Å². The highest BCUT2D eigenvalue weighted by Crippen LogP contribution is 2.26. The molecule has 18 heavy (non-hydrogen) atoms. The van der Waals surface area contributed by atoms with E-state index in [1.807, 2.05) is 0 Å². The van der Waals surface area contributed by atoms with Crippen molar-refractivity contribution in [2.24, 2.45) is 0 Å². The molecular weight excluding hydrogens is 246 g/mol. The van der Waals surface area contributed by atoms with Gasteiger partial charge < -0.3 is 20.3 Å². The highest BCUT2D eigenvalue weighted by Gasteiger charge is 2.31. The van der Waals surface area contributed by atoms with Crippen molar-refractivity contribution in [1.29, 1.82) is 0 Å². The Bertz CT molecular complexity index is 275. The van der Waals surface area contributed by atoms with E-state index in [0.29, 0.717) is 6.04 Å². The number of thiocarbonyl (C=S) groups is 1. The zero-order chi connectivity index (χ0) is 12.8. The van der Waals surface area contributed by atoms with E-state index in [0.717, 1.165) is 30.7 Å². The standard InChI is InChI=1S/C13H25N3OS/c1-17-9-3-6-14-13(18)15-11-5-8-16-7-2-4-12(16)10-11/h11-12H,2-10H2,1H3,(H2,14,15,18). The van der Waals surface area contributed by atoms with Gasteiger partial charge in [-0.05, 0) is 50.9 Å². The number of nitrogens with zero attached hydrogens (tertiary/aromatic N) is 1. The van der Waals surface area contributed by atoms with Crippen molar-refractivity contribution in [2.75, 3.05) is 33.4 Å². The molecule has 0 bridgehead atoms. The van der Waals surface area contributed by atoms with E-state index in [9.17, 15) is 0 Å². The normalized spacial score (nSPS) is 27.8. The second kappa shape index (κ2) is 7.26. The Morgan fingerprint density at radius 3 is 3.11 bits per heavy atom. The molecule has 0 amide bonds. The molecule has 2 saturated heterocycles. The van der Waals surface area contributed by atoms with Crippen LogP contribution >= 0.6 is 12.2 Å². The van der Waals surface area contributed by atoms with Crippen molar-refractivity contribution >= 4 is 17.3 Å². The summed E-state index contributed by atoms with van der Waals surface area (Å²) in [4.78, 5) is 2.63. The van der Waals surface area contributed by atoms with Gasteiger partial charge in [0.1, 0.15) is 0 Å². The van der Waals surface area contributed by atoms with Gasteiger partial charge in [-0.2, -0.15) is 0 Å². The molecule has 2 rings (SSSR count). The summed E-state index contributed by atoms with van der Waals surface area (Å²) in [5.41, 5.74) is 0. The van der Waals surface area contributed by atoms with Crippen LogP contribution in [-0.4, -0.2) is 55.4 Å². The van der Waals surface area contributed by atoms with Gasteiger partial charge in [0.15, 0.2) is 5.11 Å². The number of ether oxygens (including phenoxy) is 1. The smallest absolute Gasteiger partial charge is 0.166 e. The first-order valence-electron chi connectivity index (χ1n) is 7.07. The Labute approximate surface area is 115 Å². The highest BCUT2D eigenvalue weighted by molar-refractivity contribution is 7.80. The molecule has 2 aliphatic rings. The molecule has 2 fully saturated rings. The van der Waals surface area contributed by atoms with Gasteiger partial charge in [0.25, 0.3) is 0 Å². The summed E-state index contributed by atoms with van der Waals surface area (Å²) < 4.78 is 5.01. The SMILES string of the molecule is COCCCNC(=S)NC1CCN2CCCC2C1. The first-order valence-corrected chi connectivity index (χ1v) is 7.48. The molecule has 4 nitrogen and oxygen atoms in total. The van der Waals surface area contributed by atoms with Gasteiger partial charge in [-0.25, -0.2) is 0 Å². The van der Waals surface area contributed by atoms with Crippen molar-refractivity contribution in [2.45, 2.75) is 44.2 Å². The highest BCUT2D eigenvalue weighted by atomic mass is 32.1. The molecule has 0 saturated carbocycles. The lowest BCUT2D eigenvalue weighted by atomic mass is 9.98. The summed E-state index contributed by atoms with van der Waals surface area (Å²) in [7, 11) is 1.73. The van der Waals surface area contributed by atoms with Crippen molar-refractivity contribution in [3.63, 3.8) is 0 Å². The molecule has 2 atom stereocenters. The number of fused-ring (bicyclic) bond motifs is 1. The summed E-state index contributed by atoms with van der Waals surface area (Å²) in [6.45, 7) is 4.21. The fraction of sp³-hybridized carbons (Fsp3) is 0.923. The Balaban J connectivity index is 1.62. The molecule has 0 spiro atoms. The van der Waals surface area contributed by atoms with Crippen LogP contribution in [0.25, 0.3) is 0 Å². The molecule has 0 aromatic carbocycles. The molecule has 0 aliphatic carbocycles. The molecular formula is C13H25N3OS. The Kier molecular flexibility index (Phi) is 5.66. The first-order chi connectivity index (χ1) is 8.79. The maximum atomic E-state index is 5.33. The van der Waals surface area contributed by atoms with Gasteiger partial charge in [-0.15, -0.1) is 0 Å². The van der Waals surface area contributed by atoms with Crippen LogP contribution < -0.4 is 10.6 Å². The number of hydrogen-bond donors (Lipinski definition) is 2. The molecule has 2 N–H and O–H groups in total. The molecule has 0 radical (unpaired) electrons. The van der Waals surface area contributed by atoms with E-state index in [1.54, 1.807) is 7.11 Å². The maximum absolute atomic E-state index is 5.33. The van der Waals surface area contributed by atoms with Crippen molar-refractivity contribution in [3.05, 3.63) is 0 Å². The van der Waals surface area contributed by atoms with Gasteiger partial charge in [-0.1, -0.05) is 0 Å². The van der Waals surface area contributed by atoms with E-state index in [-0.39, 0.29) is 0 Å². The molecule has 2 aliphatic heterocycles. The fourth-order valence-electron chi connectivity index (χ4n) is 3.01. The number of methoxy groups -OCH3 is 1. The lowest BCUT2D eigenvalue weighted by molar-refractivity contribution is 0.175. The predicted molar refractivity (Wildman–Crippen MR) is 77.8 cm³/mol. The zero-order valence-electron chi connectivity index (χ0n) is 11.3. The van der Waals surface area contributed by atoms with E-state index in [4.69, 9.17) is 17.0 Å². The minimum Gasteiger partial charge on any atom is -0.385 e. The molecule has 0 aromatic heterocycles.